The highest BCUT2D eigenvalue weighted by Crippen LogP contribution is 2.34. The molecule has 0 unspecified atom stereocenters. The van der Waals surface area contributed by atoms with Crippen LogP contribution in [0.15, 0.2) is 19.7 Å². The summed E-state index contributed by atoms with van der Waals surface area (Å²) in [6, 6.07) is 1.93. The maximum absolute atomic E-state index is 12.7. The third-order valence-electron chi connectivity index (χ3n) is 5.88. The minimum atomic E-state index is -1.21. The summed E-state index contributed by atoms with van der Waals surface area (Å²) in [5, 5.41) is 17.0. The van der Waals surface area contributed by atoms with E-state index in [1.165, 1.54) is 0 Å². The normalized spacial score (nSPS) is 11.0. The van der Waals surface area contributed by atoms with Crippen LogP contribution < -0.4 is 21.6 Å². The summed E-state index contributed by atoms with van der Waals surface area (Å²) in [4.78, 5) is 58.5. The Balaban J connectivity index is 1.63. The van der Waals surface area contributed by atoms with Crippen LogP contribution in [0.5, 0.6) is 0 Å². The molecule has 35 heavy (non-hydrogen) atoms. The highest BCUT2D eigenvalue weighted by Gasteiger charge is 2.19. The summed E-state index contributed by atoms with van der Waals surface area (Å²) in [6.07, 6.45) is 0.0736. The Hall–Kier alpha value is -4.15. The molecule has 0 saturated carbocycles. The minimum Gasteiger partial charge on any atom is -0.480 e. The molecule has 0 aliphatic carbocycles. The Kier molecular flexibility index (Phi) is 7.58. The fourth-order valence-electron chi connectivity index (χ4n) is 3.77. The predicted octanol–water partition coefficient (Wildman–Crippen LogP) is 1.14. The van der Waals surface area contributed by atoms with E-state index in [9.17, 15) is 24.0 Å². The van der Waals surface area contributed by atoms with Crippen LogP contribution >= 0.6 is 0 Å². The number of carboxylic acids is 1. The summed E-state index contributed by atoms with van der Waals surface area (Å²) in [5.74, 6) is -2.15. The molecule has 0 bridgehead atoms. The van der Waals surface area contributed by atoms with Gasteiger partial charge in [-0.3, -0.25) is 19.2 Å². The number of hydrogen-bond donors (Lipinski definition) is 4. The number of rotatable bonds is 9. The van der Waals surface area contributed by atoms with Gasteiger partial charge < -0.3 is 29.9 Å². The van der Waals surface area contributed by atoms with E-state index in [0.29, 0.717) is 16.7 Å². The minimum absolute atomic E-state index is 0.0471. The van der Waals surface area contributed by atoms with Crippen molar-refractivity contribution in [3.63, 3.8) is 0 Å². The van der Waals surface area contributed by atoms with Gasteiger partial charge in [0, 0.05) is 28.3 Å². The van der Waals surface area contributed by atoms with Crippen molar-refractivity contribution < 1.29 is 33.1 Å². The van der Waals surface area contributed by atoms with Crippen molar-refractivity contribution >= 4 is 45.6 Å². The van der Waals surface area contributed by atoms with Gasteiger partial charge in [0.1, 0.15) is 23.5 Å². The van der Waals surface area contributed by atoms with Crippen LogP contribution in [0, 0.1) is 27.7 Å². The van der Waals surface area contributed by atoms with Gasteiger partial charge in [-0.2, -0.15) is 0 Å². The lowest BCUT2D eigenvalue weighted by Gasteiger charge is -2.10. The average molecular weight is 485 g/mol. The highest BCUT2D eigenvalue weighted by atomic mass is 16.4. The summed E-state index contributed by atoms with van der Waals surface area (Å²) in [6.45, 7) is 6.14. The standard InChI is InChI=1S/C24H27N3O8/c1-11-14(4)34-22-13(3)23-17(7-16(11)22)12(2)15(24(33)35-23)5-6-18(28)25-8-19(29)26-9-20(30)27-10-21(31)32/h7H,5-6,8-10H2,1-4H3,(H,25,28)(H,26,29)(H,27,30)(H,31,32). The molecular weight excluding hydrogens is 458 g/mol. The number of aryl methyl sites for hydroxylation is 4. The zero-order chi connectivity index (χ0) is 25.9. The number of carbonyl (C=O) groups is 4. The number of amides is 3. The van der Waals surface area contributed by atoms with Crippen molar-refractivity contribution in [2.45, 2.75) is 40.5 Å². The molecule has 3 rings (SSSR count). The van der Waals surface area contributed by atoms with Crippen molar-refractivity contribution in [3.05, 3.63) is 44.5 Å². The molecular formula is C24H27N3O8. The van der Waals surface area contributed by atoms with Crippen molar-refractivity contribution in [2.24, 2.45) is 0 Å². The SMILES string of the molecule is Cc1oc2c(C)c3oc(=O)c(CCC(=O)NCC(=O)NCC(=O)NCC(=O)O)c(C)c3cc2c1C. The second-order valence-electron chi connectivity index (χ2n) is 8.26. The number of carboxylic acid groups (broad SMARTS) is 1. The van der Waals surface area contributed by atoms with E-state index in [0.717, 1.165) is 33.2 Å². The summed E-state index contributed by atoms with van der Waals surface area (Å²) in [5.41, 5.74) is 3.44. The van der Waals surface area contributed by atoms with E-state index >= 15 is 0 Å². The summed E-state index contributed by atoms with van der Waals surface area (Å²) in [7, 11) is 0. The lowest BCUT2D eigenvalue weighted by molar-refractivity contribution is -0.137. The van der Waals surface area contributed by atoms with Gasteiger partial charge in [-0.05, 0) is 51.3 Å². The Morgan fingerprint density at radius 1 is 0.771 bits per heavy atom. The monoisotopic (exact) mass is 485 g/mol. The zero-order valence-corrected chi connectivity index (χ0v) is 19.9. The van der Waals surface area contributed by atoms with Crippen LogP contribution in [0.1, 0.15) is 34.4 Å². The van der Waals surface area contributed by atoms with Gasteiger partial charge in [0.15, 0.2) is 0 Å². The molecule has 0 atom stereocenters. The molecule has 3 amide bonds. The van der Waals surface area contributed by atoms with Gasteiger partial charge in [0.25, 0.3) is 0 Å². The molecule has 2 aromatic heterocycles. The molecule has 186 valence electrons. The number of nitrogens with one attached hydrogen (secondary N) is 3. The molecule has 0 spiro atoms. The van der Waals surface area contributed by atoms with Gasteiger partial charge >= 0.3 is 11.6 Å². The molecule has 1 aromatic carbocycles. The number of furan rings is 1. The number of fused-ring (bicyclic) bond motifs is 2. The van der Waals surface area contributed by atoms with Crippen LogP contribution in [0.2, 0.25) is 0 Å². The van der Waals surface area contributed by atoms with Gasteiger partial charge in [0.05, 0.1) is 13.1 Å². The van der Waals surface area contributed by atoms with Crippen molar-refractivity contribution in [1.29, 1.82) is 0 Å². The third-order valence-corrected chi connectivity index (χ3v) is 5.88. The molecule has 0 aliphatic heterocycles. The molecule has 0 fully saturated rings. The van der Waals surface area contributed by atoms with Crippen molar-refractivity contribution in [2.75, 3.05) is 19.6 Å². The van der Waals surface area contributed by atoms with Gasteiger partial charge in [0.2, 0.25) is 17.7 Å². The molecule has 11 nitrogen and oxygen atoms in total. The quantitative estimate of drug-likeness (QED) is 0.327. The van der Waals surface area contributed by atoms with Crippen molar-refractivity contribution in [1.82, 2.24) is 16.0 Å². The molecule has 0 saturated heterocycles. The van der Waals surface area contributed by atoms with E-state index in [4.69, 9.17) is 13.9 Å². The average Bonchev–Trinajstić information content (AvgIpc) is 3.09. The Morgan fingerprint density at radius 3 is 1.94 bits per heavy atom. The lowest BCUT2D eigenvalue weighted by Crippen LogP contribution is -2.43. The first-order valence-corrected chi connectivity index (χ1v) is 11.0. The topological polar surface area (TPSA) is 168 Å². The molecule has 0 aliphatic rings. The van der Waals surface area contributed by atoms with Gasteiger partial charge in [-0.1, -0.05) is 0 Å². The van der Waals surface area contributed by atoms with Crippen LogP contribution in [0.3, 0.4) is 0 Å². The van der Waals surface area contributed by atoms with Gasteiger partial charge in [-0.15, -0.1) is 0 Å². The molecule has 11 heteroatoms. The zero-order valence-electron chi connectivity index (χ0n) is 19.9. The van der Waals surface area contributed by atoms with Crippen LogP contribution in [-0.2, 0) is 25.6 Å². The highest BCUT2D eigenvalue weighted by molar-refractivity contribution is 6.00. The fourth-order valence-corrected chi connectivity index (χ4v) is 3.77. The van der Waals surface area contributed by atoms with Crippen LogP contribution in [0.25, 0.3) is 21.9 Å². The maximum atomic E-state index is 12.7. The smallest absolute Gasteiger partial charge is 0.339 e. The van der Waals surface area contributed by atoms with E-state index in [1.54, 1.807) is 0 Å². The Morgan fingerprint density at radius 2 is 1.31 bits per heavy atom. The molecule has 3 aromatic rings. The second kappa shape index (κ2) is 10.4. The van der Waals surface area contributed by atoms with E-state index < -0.39 is 42.4 Å². The van der Waals surface area contributed by atoms with E-state index in [2.05, 4.69) is 16.0 Å². The van der Waals surface area contributed by atoms with E-state index in [-0.39, 0.29) is 19.4 Å². The van der Waals surface area contributed by atoms with Gasteiger partial charge in [-0.25, -0.2) is 4.79 Å². The number of aliphatic carboxylic acids is 1. The first kappa shape index (κ1) is 25.5. The van der Waals surface area contributed by atoms with E-state index in [1.807, 2.05) is 33.8 Å². The number of hydrogen-bond acceptors (Lipinski definition) is 7. The number of carbonyl (C=O) groups excluding carboxylic acids is 3. The number of benzene rings is 1. The molecule has 2 heterocycles. The third kappa shape index (κ3) is 5.68. The predicted molar refractivity (Wildman–Crippen MR) is 126 cm³/mol. The summed E-state index contributed by atoms with van der Waals surface area (Å²) >= 11 is 0. The van der Waals surface area contributed by atoms with Crippen LogP contribution in [-0.4, -0.2) is 48.4 Å². The molecule has 4 N–H and O–H groups in total. The maximum Gasteiger partial charge on any atom is 0.339 e. The Labute approximate surface area is 199 Å². The lowest BCUT2D eigenvalue weighted by atomic mass is 9.98. The molecule has 0 radical (unpaired) electrons. The second-order valence-corrected chi connectivity index (χ2v) is 8.26. The van der Waals surface area contributed by atoms with Crippen molar-refractivity contribution in [3.8, 4) is 0 Å². The fraction of sp³-hybridized carbons (Fsp3) is 0.375. The largest absolute Gasteiger partial charge is 0.480 e. The first-order chi connectivity index (χ1) is 16.5. The first-order valence-electron chi connectivity index (χ1n) is 11.0. The summed E-state index contributed by atoms with van der Waals surface area (Å²) < 4.78 is 11.4. The Bertz CT molecular complexity index is 1400. The van der Waals surface area contributed by atoms with Crippen LogP contribution in [0.4, 0.5) is 0 Å².